The van der Waals surface area contributed by atoms with Gasteiger partial charge in [-0.2, -0.15) is 5.10 Å². The van der Waals surface area contributed by atoms with E-state index in [1.165, 1.54) is 0 Å². The van der Waals surface area contributed by atoms with Crippen LogP contribution in [0.4, 0.5) is 11.5 Å². The lowest BCUT2D eigenvalue weighted by atomic mass is 10.1. The summed E-state index contributed by atoms with van der Waals surface area (Å²) in [7, 11) is -0.280. The number of aromatic amines is 1. The van der Waals surface area contributed by atoms with Gasteiger partial charge in [-0.3, -0.25) is 4.68 Å². The van der Waals surface area contributed by atoms with E-state index in [4.69, 9.17) is 9.97 Å². The summed E-state index contributed by atoms with van der Waals surface area (Å²) in [4.78, 5) is 15.2. The zero-order valence-electron chi connectivity index (χ0n) is 19.3. The van der Waals surface area contributed by atoms with Crippen molar-refractivity contribution >= 4 is 35.0 Å². The van der Waals surface area contributed by atoms with Crippen LogP contribution in [0.15, 0.2) is 48.9 Å². The molecule has 5 rings (SSSR count). The van der Waals surface area contributed by atoms with Crippen molar-refractivity contribution < 1.29 is 4.57 Å². The molecule has 0 amide bonds. The van der Waals surface area contributed by atoms with Crippen LogP contribution >= 0.6 is 7.14 Å². The third-order valence-electron chi connectivity index (χ3n) is 6.27. The number of piperidine rings is 1. The van der Waals surface area contributed by atoms with Gasteiger partial charge < -0.3 is 19.8 Å². The molecular formula is C24H30N7OP. The Morgan fingerprint density at radius 3 is 2.73 bits per heavy atom. The molecule has 3 aromatic heterocycles. The number of para-hydroxylation sites is 1. The number of nitrogens with one attached hydrogen (secondary N) is 2. The van der Waals surface area contributed by atoms with Gasteiger partial charge in [0.1, 0.15) is 18.5 Å². The number of anilines is 2. The molecule has 1 fully saturated rings. The van der Waals surface area contributed by atoms with Crippen LogP contribution in [-0.4, -0.2) is 63.1 Å². The third kappa shape index (κ3) is 4.72. The Labute approximate surface area is 193 Å². The van der Waals surface area contributed by atoms with Crippen molar-refractivity contribution in [1.82, 2.24) is 29.6 Å². The van der Waals surface area contributed by atoms with Crippen LogP contribution in [0.1, 0.15) is 30.3 Å². The maximum Gasteiger partial charge on any atom is 0.158 e. The number of nitrogens with zero attached hydrogens (tertiary/aromatic N) is 5. The molecule has 4 heterocycles. The van der Waals surface area contributed by atoms with Crippen LogP contribution in [0.5, 0.6) is 0 Å². The maximum absolute atomic E-state index is 12.8. The van der Waals surface area contributed by atoms with Crippen molar-refractivity contribution in [2.75, 3.05) is 38.8 Å². The number of benzene rings is 1. The summed E-state index contributed by atoms with van der Waals surface area (Å²) in [5.74, 6) is 1.41. The van der Waals surface area contributed by atoms with Gasteiger partial charge in [-0.05, 0) is 70.1 Å². The SMILES string of the molecule is CN1CCC(n2cc(Cc3nc(Nc4ccccc4P(C)(C)=O)c4[nH]ccc4n3)cn2)CC1. The van der Waals surface area contributed by atoms with E-state index in [2.05, 4.69) is 38.2 Å². The van der Waals surface area contributed by atoms with Gasteiger partial charge in [-0.1, -0.05) is 12.1 Å². The zero-order chi connectivity index (χ0) is 23.0. The van der Waals surface area contributed by atoms with Gasteiger partial charge in [0.15, 0.2) is 5.82 Å². The molecule has 0 saturated carbocycles. The molecule has 0 atom stereocenters. The van der Waals surface area contributed by atoms with E-state index in [1.54, 1.807) is 13.3 Å². The van der Waals surface area contributed by atoms with Gasteiger partial charge in [0.05, 0.1) is 23.4 Å². The number of fused-ring (bicyclic) bond motifs is 1. The first-order chi connectivity index (χ1) is 15.9. The molecule has 0 radical (unpaired) electrons. The summed E-state index contributed by atoms with van der Waals surface area (Å²) in [6, 6.07) is 10.1. The number of H-pyrrole nitrogens is 1. The van der Waals surface area contributed by atoms with E-state index in [-0.39, 0.29) is 0 Å². The van der Waals surface area contributed by atoms with Gasteiger partial charge in [0.25, 0.3) is 0 Å². The Morgan fingerprint density at radius 1 is 1.15 bits per heavy atom. The molecule has 0 unspecified atom stereocenters. The highest BCUT2D eigenvalue weighted by Gasteiger charge is 2.20. The minimum atomic E-state index is -2.45. The fraction of sp³-hybridized carbons (Fsp3) is 0.375. The molecule has 0 bridgehead atoms. The van der Waals surface area contributed by atoms with Crippen LogP contribution in [0, 0.1) is 0 Å². The minimum Gasteiger partial charge on any atom is -0.357 e. The monoisotopic (exact) mass is 463 g/mol. The molecule has 4 aromatic rings. The van der Waals surface area contributed by atoms with Gasteiger partial charge in [0.2, 0.25) is 0 Å². The molecule has 2 N–H and O–H groups in total. The summed E-state index contributed by atoms with van der Waals surface area (Å²) >= 11 is 0. The second kappa shape index (κ2) is 8.76. The fourth-order valence-corrected chi connectivity index (χ4v) is 5.61. The molecule has 1 aromatic carbocycles. The van der Waals surface area contributed by atoms with Crippen LogP contribution in [0.2, 0.25) is 0 Å². The van der Waals surface area contributed by atoms with Crippen molar-refractivity contribution in [3.05, 3.63) is 60.3 Å². The molecule has 1 saturated heterocycles. The summed E-state index contributed by atoms with van der Waals surface area (Å²) < 4.78 is 14.9. The van der Waals surface area contributed by atoms with Crippen LogP contribution in [0.25, 0.3) is 11.0 Å². The average molecular weight is 464 g/mol. The number of hydrogen-bond acceptors (Lipinski definition) is 6. The van der Waals surface area contributed by atoms with E-state index in [0.29, 0.717) is 18.3 Å². The lowest BCUT2D eigenvalue weighted by molar-refractivity contribution is 0.212. The van der Waals surface area contributed by atoms with Crippen LogP contribution in [0.3, 0.4) is 0 Å². The molecule has 1 aliphatic heterocycles. The van der Waals surface area contributed by atoms with Crippen molar-refractivity contribution in [3.8, 4) is 0 Å². The lowest BCUT2D eigenvalue weighted by Gasteiger charge is -2.28. The zero-order valence-corrected chi connectivity index (χ0v) is 20.2. The van der Waals surface area contributed by atoms with Crippen molar-refractivity contribution in [2.45, 2.75) is 25.3 Å². The Kier molecular flexibility index (Phi) is 5.81. The predicted octanol–water partition coefficient (Wildman–Crippen LogP) is 4.00. The topological polar surface area (TPSA) is 91.7 Å². The van der Waals surface area contributed by atoms with Gasteiger partial charge in [0, 0.05) is 24.1 Å². The molecule has 1 aliphatic rings. The first-order valence-electron chi connectivity index (χ1n) is 11.3. The van der Waals surface area contributed by atoms with Crippen molar-refractivity contribution in [2.24, 2.45) is 0 Å². The van der Waals surface area contributed by atoms with Gasteiger partial charge >= 0.3 is 0 Å². The van der Waals surface area contributed by atoms with Crippen molar-refractivity contribution in [1.29, 1.82) is 0 Å². The summed E-state index contributed by atoms with van der Waals surface area (Å²) in [6.07, 6.45) is 8.77. The highest BCUT2D eigenvalue weighted by molar-refractivity contribution is 7.70. The fourth-order valence-electron chi connectivity index (χ4n) is 4.45. The van der Waals surface area contributed by atoms with Gasteiger partial charge in [-0.15, -0.1) is 0 Å². The third-order valence-corrected chi connectivity index (χ3v) is 7.82. The summed E-state index contributed by atoms with van der Waals surface area (Å²) in [5, 5.41) is 8.86. The van der Waals surface area contributed by atoms with Crippen LogP contribution < -0.4 is 10.6 Å². The molecule has 9 heteroatoms. The quantitative estimate of drug-likeness (QED) is 0.420. The Balaban J connectivity index is 1.42. The predicted molar refractivity (Wildman–Crippen MR) is 134 cm³/mol. The maximum atomic E-state index is 12.8. The number of hydrogen-bond donors (Lipinski definition) is 2. The first kappa shape index (κ1) is 21.9. The average Bonchev–Trinajstić information content (AvgIpc) is 3.44. The van der Waals surface area contributed by atoms with Crippen LogP contribution in [-0.2, 0) is 11.0 Å². The lowest BCUT2D eigenvalue weighted by Crippen LogP contribution is -2.31. The van der Waals surface area contributed by atoms with E-state index < -0.39 is 7.14 Å². The first-order valence-corrected chi connectivity index (χ1v) is 13.9. The molecule has 172 valence electrons. The Hall–Kier alpha value is -2.96. The molecular weight excluding hydrogens is 433 g/mol. The smallest absolute Gasteiger partial charge is 0.158 e. The molecule has 8 nitrogen and oxygen atoms in total. The standard InChI is InChI=1S/C24H30N7OP/c1-30-12-9-18(10-13-30)31-16-17(15-26-31)14-22-27-20-8-11-25-23(20)24(29-22)28-19-6-4-5-7-21(19)33(2,3)32/h4-8,11,15-16,18,25H,9-10,12-14H2,1-3H3,(H,27,28,29). The van der Waals surface area contributed by atoms with E-state index >= 15 is 0 Å². The van der Waals surface area contributed by atoms with E-state index in [9.17, 15) is 4.57 Å². The minimum absolute atomic E-state index is 0.454. The Bertz CT molecular complexity index is 1310. The van der Waals surface area contributed by atoms with Crippen molar-refractivity contribution in [3.63, 3.8) is 0 Å². The molecule has 0 spiro atoms. The van der Waals surface area contributed by atoms with E-state index in [0.717, 1.165) is 59.3 Å². The molecule has 33 heavy (non-hydrogen) atoms. The second-order valence-corrected chi connectivity index (χ2v) is 12.4. The van der Waals surface area contributed by atoms with Gasteiger partial charge in [-0.25, -0.2) is 9.97 Å². The normalized spacial score (nSPS) is 15.8. The highest BCUT2D eigenvalue weighted by Crippen LogP contribution is 2.38. The Morgan fingerprint density at radius 2 is 1.94 bits per heavy atom. The summed E-state index contributed by atoms with van der Waals surface area (Å²) in [6.45, 7) is 5.77. The number of rotatable bonds is 6. The second-order valence-electron chi connectivity index (χ2n) is 9.26. The largest absolute Gasteiger partial charge is 0.357 e. The molecule has 0 aliphatic carbocycles. The summed E-state index contributed by atoms with van der Waals surface area (Å²) in [5.41, 5.74) is 3.58. The van der Waals surface area contributed by atoms with E-state index in [1.807, 2.05) is 42.7 Å². The number of likely N-dealkylation sites (tertiary alicyclic amines) is 1. The highest BCUT2D eigenvalue weighted by atomic mass is 31.2. The number of aromatic nitrogens is 5.